The lowest BCUT2D eigenvalue weighted by Crippen LogP contribution is -2.34. The Kier molecular flexibility index (Phi) is 6.70. The van der Waals surface area contributed by atoms with E-state index in [4.69, 9.17) is 13.9 Å². The summed E-state index contributed by atoms with van der Waals surface area (Å²) in [5, 5.41) is 7.22. The summed E-state index contributed by atoms with van der Waals surface area (Å²) >= 11 is 1.29. The number of methoxy groups -OCH3 is 2. The molecule has 0 radical (unpaired) electrons. The van der Waals surface area contributed by atoms with Crippen LogP contribution in [0.3, 0.4) is 0 Å². The fourth-order valence-electron chi connectivity index (χ4n) is 2.54. The minimum Gasteiger partial charge on any atom is -0.493 e. The molecule has 0 aliphatic heterocycles. The first-order chi connectivity index (χ1) is 14.1. The topological polar surface area (TPSA) is 89.8 Å². The summed E-state index contributed by atoms with van der Waals surface area (Å²) in [7, 11) is 3.07. The molecule has 0 atom stereocenters. The molecule has 1 aromatic carbocycles. The molecule has 2 aromatic heterocycles. The van der Waals surface area contributed by atoms with E-state index < -0.39 is 5.91 Å². The number of furan rings is 1. The monoisotopic (exact) mass is 412 g/mol. The first kappa shape index (κ1) is 20.2. The maximum absolute atomic E-state index is 12.7. The molecule has 0 saturated carbocycles. The van der Waals surface area contributed by atoms with Gasteiger partial charge in [0.05, 0.1) is 31.9 Å². The molecular weight excluding hydrogens is 392 g/mol. The summed E-state index contributed by atoms with van der Waals surface area (Å²) in [6.45, 7) is 0.198. The van der Waals surface area contributed by atoms with Crippen molar-refractivity contribution >= 4 is 29.2 Å². The van der Waals surface area contributed by atoms with Crippen LogP contribution < -0.4 is 20.1 Å². The highest BCUT2D eigenvalue weighted by Crippen LogP contribution is 2.28. The first-order valence-corrected chi connectivity index (χ1v) is 9.58. The van der Waals surface area contributed by atoms with Crippen LogP contribution in [0, 0.1) is 0 Å². The predicted octanol–water partition coefficient (Wildman–Crippen LogP) is 3.45. The molecule has 0 unspecified atom stereocenters. The number of hydrogen-bond donors (Lipinski definition) is 2. The van der Waals surface area contributed by atoms with Gasteiger partial charge >= 0.3 is 0 Å². The molecule has 0 aliphatic rings. The fourth-order valence-corrected chi connectivity index (χ4v) is 3.15. The van der Waals surface area contributed by atoms with Crippen LogP contribution in [-0.2, 0) is 11.3 Å². The molecule has 29 heavy (non-hydrogen) atoms. The highest BCUT2D eigenvalue weighted by molar-refractivity contribution is 7.12. The molecule has 8 heteroatoms. The standard InChI is InChI=1S/C21H20N2O5S/c1-26-17-8-7-14(12-18(17)27-2)11-16(23-21(25)19-6-4-10-29-19)20(24)22-13-15-5-3-9-28-15/h3-12H,13H2,1-2H3,(H,22,24)(H,23,25)/b16-11-. The number of amides is 2. The van der Waals surface area contributed by atoms with E-state index in [2.05, 4.69) is 10.6 Å². The zero-order chi connectivity index (χ0) is 20.6. The molecule has 7 nitrogen and oxygen atoms in total. The molecule has 2 heterocycles. The Morgan fingerprint density at radius 3 is 2.59 bits per heavy atom. The second-order valence-electron chi connectivity index (χ2n) is 5.87. The van der Waals surface area contributed by atoms with E-state index in [1.165, 1.54) is 24.7 Å². The number of nitrogens with one attached hydrogen (secondary N) is 2. The Hall–Kier alpha value is -3.52. The van der Waals surface area contributed by atoms with E-state index in [0.29, 0.717) is 27.7 Å². The van der Waals surface area contributed by atoms with Gasteiger partial charge in [0, 0.05) is 0 Å². The van der Waals surface area contributed by atoms with E-state index in [0.717, 1.165) is 0 Å². The Labute approximate surface area is 171 Å². The number of thiophene rings is 1. The van der Waals surface area contributed by atoms with Crippen molar-refractivity contribution < 1.29 is 23.5 Å². The summed E-state index contributed by atoms with van der Waals surface area (Å²) < 4.78 is 15.8. The second-order valence-corrected chi connectivity index (χ2v) is 6.81. The van der Waals surface area contributed by atoms with Crippen LogP contribution in [0.2, 0.25) is 0 Å². The van der Waals surface area contributed by atoms with Gasteiger partial charge in [-0.15, -0.1) is 11.3 Å². The summed E-state index contributed by atoms with van der Waals surface area (Å²) in [5.74, 6) is 0.881. The van der Waals surface area contributed by atoms with Crippen molar-refractivity contribution in [2.75, 3.05) is 14.2 Å². The fraction of sp³-hybridized carbons (Fsp3) is 0.143. The third-order valence-corrected chi connectivity index (χ3v) is 4.83. The molecule has 0 saturated heterocycles. The van der Waals surface area contributed by atoms with E-state index in [9.17, 15) is 9.59 Å². The van der Waals surface area contributed by atoms with Gasteiger partial charge in [0.2, 0.25) is 0 Å². The molecule has 150 valence electrons. The smallest absolute Gasteiger partial charge is 0.268 e. The third-order valence-electron chi connectivity index (χ3n) is 3.96. The van der Waals surface area contributed by atoms with E-state index in [1.54, 1.807) is 61.0 Å². The summed E-state index contributed by atoms with van der Waals surface area (Å²) in [4.78, 5) is 25.7. The Balaban J connectivity index is 1.85. The lowest BCUT2D eigenvalue weighted by Gasteiger charge is -2.11. The number of benzene rings is 1. The summed E-state index contributed by atoms with van der Waals surface area (Å²) in [6, 6.07) is 12.2. The van der Waals surface area contributed by atoms with Crippen LogP contribution in [0.5, 0.6) is 11.5 Å². The zero-order valence-electron chi connectivity index (χ0n) is 15.9. The summed E-state index contributed by atoms with van der Waals surface area (Å²) in [5.41, 5.74) is 0.763. The van der Waals surface area contributed by atoms with Crippen molar-refractivity contribution in [1.82, 2.24) is 10.6 Å². The molecule has 0 aliphatic carbocycles. The van der Waals surface area contributed by atoms with Crippen LogP contribution in [0.25, 0.3) is 6.08 Å². The maximum atomic E-state index is 12.7. The first-order valence-electron chi connectivity index (χ1n) is 8.70. The van der Waals surface area contributed by atoms with Crippen LogP contribution in [0.15, 0.2) is 64.2 Å². The Morgan fingerprint density at radius 1 is 1.10 bits per heavy atom. The number of ether oxygens (including phenoxy) is 2. The lowest BCUT2D eigenvalue weighted by molar-refractivity contribution is -0.118. The van der Waals surface area contributed by atoms with Gasteiger partial charge in [-0.25, -0.2) is 0 Å². The average molecular weight is 412 g/mol. The van der Waals surface area contributed by atoms with Gasteiger partial charge in [0.15, 0.2) is 11.5 Å². The van der Waals surface area contributed by atoms with Crippen LogP contribution in [-0.4, -0.2) is 26.0 Å². The van der Waals surface area contributed by atoms with E-state index >= 15 is 0 Å². The minimum absolute atomic E-state index is 0.0992. The van der Waals surface area contributed by atoms with Crippen molar-refractivity contribution in [3.8, 4) is 11.5 Å². The summed E-state index contributed by atoms with van der Waals surface area (Å²) in [6.07, 6.45) is 3.10. The SMILES string of the molecule is COc1ccc(/C=C(\NC(=O)c2cccs2)C(=O)NCc2ccco2)cc1OC. The molecular formula is C21H20N2O5S. The zero-order valence-corrected chi connectivity index (χ0v) is 16.7. The third kappa shape index (κ3) is 5.26. The largest absolute Gasteiger partial charge is 0.493 e. The van der Waals surface area contributed by atoms with Gasteiger partial charge in [0.25, 0.3) is 11.8 Å². The van der Waals surface area contributed by atoms with Crippen molar-refractivity contribution in [2.24, 2.45) is 0 Å². The number of carbonyl (C=O) groups excluding carboxylic acids is 2. The van der Waals surface area contributed by atoms with Crippen LogP contribution in [0.4, 0.5) is 0 Å². The van der Waals surface area contributed by atoms with Gasteiger partial charge in [-0.1, -0.05) is 12.1 Å². The molecule has 2 N–H and O–H groups in total. The van der Waals surface area contributed by atoms with Gasteiger partial charge in [-0.3, -0.25) is 9.59 Å². The maximum Gasteiger partial charge on any atom is 0.268 e. The van der Waals surface area contributed by atoms with E-state index in [1.807, 2.05) is 0 Å². The van der Waals surface area contributed by atoms with Crippen molar-refractivity contribution in [2.45, 2.75) is 6.54 Å². The predicted molar refractivity (Wildman–Crippen MR) is 110 cm³/mol. The normalized spacial score (nSPS) is 11.0. The molecule has 0 spiro atoms. The molecule has 0 fully saturated rings. The van der Waals surface area contributed by atoms with Gasteiger partial charge < -0.3 is 24.5 Å². The molecule has 0 bridgehead atoms. The Morgan fingerprint density at radius 2 is 1.93 bits per heavy atom. The quantitative estimate of drug-likeness (QED) is 0.553. The van der Waals surface area contributed by atoms with Crippen molar-refractivity contribution in [3.05, 3.63) is 76.0 Å². The minimum atomic E-state index is -0.443. The van der Waals surface area contributed by atoms with Crippen molar-refractivity contribution in [3.63, 3.8) is 0 Å². The van der Waals surface area contributed by atoms with Crippen LogP contribution in [0.1, 0.15) is 21.0 Å². The average Bonchev–Trinajstić information content (AvgIpc) is 3.45. The molecule has 3 aromatic rings. The molecule has 2 amide bonds. The second kappa shape index (κ2) is 9.61. The molecule has 3 rings (SSSR count). The number of rotatable bonds is 8. The van der Waals surface area contributed by atoms with Gasteiger partial charge in [-0.2, -0.15) is 0 Å². The van der Waals surface area contributed by atoms with Gasteiger partial charge in [0.1, 0.15) is 11.5 Å². The highest BCUT2D eigenvalue weighted by Gasteiger charge is 2.16. The highest BCUT2D eigenvalue weighted by atomic mass is 32.1. The Bertz CT molecular complexity index is 994. The van der Waals surface area contributed by atoms with Crippen molar-refractivity contribution in [1.29, 1.82) is 0 Å². The van der Waals surface area contributed by atoms with Crippen LogP contribution >= 0.6 is 11.3 Å². The lowest BCUT2D eigenvalue weighted by atomic mass is 10.1. The number of hydrogen-bond acceptors (Lipinski definition) is 6. The van der Waals surface area contributed by atoms with Gasteiger partial charge in [-0.05, 0) is 47.4 Å². The van der Waals surface area contributed by atoms with E-state index in [-0.39, 0.29) is 18.1 Å². The number of carbonyl (C=O) groups is 2.